The number of pyridine rings is 1. The molecule has 3 aromatic heterocycles. The zero-order valence-electron chi connectivity index (χ0n) is 19.5. The maximum Gasteiger partial charge on any atom is 0.140 e. The van der Waals surface area contributed by atoms with E-state index in [0.29, 0.717) is 13.2 Å². The summed E-state index contributed by atoms with van der Waals surface area (Å²) in [6.07, 6.45) is 9.63. The quantitative estimate of drug-likeness (QED) is 0.379. The van der Waals surface area contributed by atoms with Crippen LogP contribution in [-0.2, 0) is 11.3 Å². The summed E-state index contributed by atoms with van der Waals surface area (Å²) >= 11 is 0. The number of anilines is 1. The summed E-state index contributed by atoms with van der Waals surface area (Å²) in [5, 5.41) is 3.37. The molecule has 0 radical (unpaired) electrons. The molecule has 3 N–H and O–H groups in total. The molecular weight excluding hydrogens is 442 g/mol. The minimum atomic E-state index is 0.1000. The highest BCUT2D eigenvalue weighted by atomic mass is 16.5. The number of nitrogens with zero attached hydrogens (tertiary/aromatic N) is 5. The number of aromatic nitrogens is 4. The topological polar surface area (TPSA) is 112 Å². The number of rotatable bonds is 8. The third kappa shape index (κ3) is 5.15. The summed E-state index contributed by atoms with van der Waals surface area (Å²) in [4.78, 5) is 17.4. The maximum absolute atomic E-state index is 6.00. The van der Waals surface area contributed by atoms with Crippen LogP contribution in [0.5, 0.6) is 5.75 Å². The fraction of sp³-hybridized carbons (Fsp3) is 0.231. The van der Waals surface area contributed by atoms with Crippen molar-refractivity contribution in [3.8, 4) is 17.1 Å². The molecule has 1 saturated heterocycles. The molecule has 1 atom stereocenters. The van der Waals surface area contributed by atoms with E-state index in [0.717, 1.165) is 58.3 Å². The lowest BCUT2D eigenvalue weighted by Gasteiger charge is -2.12. The standard InChI is InChI=1S/C26H27N7O2/c1-28-14-20(12-27)19-4-2-18(3-5-19)13-29-25-11-23(31-17-32-25)24-15-30-26-10-21(6-8-33(24)26)35-22-7-9-34-16-22/h2-6,8,10-12,14-15,17,22H,7,9,13,16,27H2,1H3,(H,29,31,32). The summed E-state index contributed by atoms with van der Waals surface area (Å²) in [5.74, 6) is 1.52. The van der Waals surface area contributed by atoms with E-state index >= 15 is 0 Å². The number of imidazole rings is 1. The van der Waals surface area contributed by atoms with Crippen LogP contribution in [0.2, 0.25) is 0 Å². The first-order chi connectivity index (χ1) is 17.2. The molecule has 1 fully saturated rings. The van der Waals surface area contributed by atoms with E-state index in [2.05, 4.69) is 37.4 Å². The molecule has 0 spiro atoms. The predicted octanol–water partition coefficient (Wildman–Crippen LogP) is 3.57. The minimum Gasteiger partial charge on any atom is -0.488 e. The average Bonchev–Trinajstić information content (AvgIpc) is 3.56. The lowest BCUT2D eigenvalue weighted by molar-refractivity contribution is 0.141. The van der Waals surface area contributed by atoms with Crippen molar-refractivity contribution in [1.82, 2.24) is 19.4 Å². The smallest absolute Gasteiger partial charge is 0.140 e. The Kier molecular flexibility index (Phi) is 6.67. The molecule has 0 aliphatic carbocycles. The molecule has 4 heterocycles. The molecular formula is C26H27N7O2. The molecule has 1 aliphatic rings. The number of hydrogen-bond donors (Lipinski definition) is 2. The van der Waals surface area contributed by atoms with Crippen molar-refractivity contribution in [2.24, 2.45) is 10.7 Å². The second-order valence-corrected chi connectivity index (χ2v) is 8.19. The molecule has 1 aliphatic heterocycles. The van der Waals surface area contributed by atoms with Gasteiger partial charge in [-0.25, -0.2) is 15.0 Å². The number of hydrogen-bond acceptors (Lipinski definition) is 8. The van der Waals surface area contributed by atoms with Crippen molar-refractivity contribution >= 4 is 23.3 Å². The number of aliphatic imine (C=N–C) groups is 1. The van der Waals surface area contributed by atoms with Crippen LogP contribution in [0.1, 0.15) is 17.5 Å². The molecule has 0 amide bonds. The Labute approximate surface area is 203 Å². The van der Waals surface area contributed by atoms with Crippen LogP contribution < -0.4 is 15.8 Å². The van der Waals surface area contributed by atoms with E-state index in [-0.39, 0.29) is 6.10 Å². The first kappa shape index (κ1) is 22.5. The summed E-state index contributed by atoms with van der Waals surface area (Å²) in [7, 11) is 1.73. The molecule has 9 nitrogen and oxygen atoms in total. The Bertz CT molecular complexity index is 1360. The monoisotopic (exact) mass is 469 g/mol. The number of fused-ring (bicyclic) bond motifs is 1. The van der Waals surface area contributed by atoms with Crippen molar-refractivity contribution in [2.75, 3.05) is 25.6 Å². The van der Waals surface area contributed by atoms with Gasteiger partial charge in [0.25, 0.3) is 0 Å². The fourth-order valence-electron chi connectivity index (χ4n) is 3.98. The van der Waals surface area contributed by atoms with Crippen LogP contribution in [0.15, 0.2) is 72.4 Å². The zero-order chi connectivity index (χ0) is 24.0. The van der Waals surface area contributed by atoms with Gasteiger partial charge >= 0.3 is 0 Å². The number of nitrogens with one attached hydrogen (secondary N) is 1. The molecule has 35 heavy (non-hydrogen) atoms. The molecule has 1 aromatic carbocycles. The Morgan fingerprint density at radius 1 is 1.23 bits per heavy atom. The zero-order valence-corrected chi connectivity index (χ0v) is 19.5. The summed E-state index contributed by atoms with van der Waals surface area (Å²) in [5.41, 5.74) is 11.2. The van der Waals surface area contributed by atoms with Gasteiger partial charge in [0.2, 0.25) is 0 Å². The SMILES string of the molecule is CN=CC(=CN)c1ccc(CNc2cc(-c3cnc4cc(OC5CCOC5)ccn34)ncn2)cc1. The molecule has 5 rings (SSSR count). The number of allylic oxidation sites excluding steroid dienone is 1. The van der Waals surface area contributed by atoms with Crippen molar-refractivity contribution in [1.29, 1.82) is 0 Å². The normalized spacial score (nSPS) is 16.3. The van der Waals surface area contributed by atoms with Gasteiger partial charge in [0.05, 0.1) is 30.8 Å². The van der Waals surface area contributed by atoms with Gasteiger partial charge in [-0.05, 0) is 17.2 Å². The average molecular weight is 470 g/mol. The fourth-order valence-corrected chi connectivity index (χ4v) is 3.98. The van der Waals surface area contributed by atoms with Crippen LogP contribution in [-0.4, -0.2) is 51.9 Å². The number of ether oxygens (including phenoxy) is 2. The number of benzene rings is 1. The van der Waals surface area contributed by atoms with Crippen molar-refractivity contribution in [3.63, 3.8) is 0 Å². The highest BCUT2D eigenvalue weighted by molar-refractivity contribution is 6.09. The van der Waals surface area contributed by atoms with Crippen LogP contribution in [0.3, 0.4) is 0 Å². The molecule has 4 aromatic rings. The summed E-state index contributed by atoms with van der Waals surface area (Å²) < 4.78 is 13.4. The van der Waals surface area contributed by atoms with Gasteiger partial charge in [-0.1, -0.05) is 24.3 Å². The summed E-state index contributed by atoms with van der Waals surface area (Å²) in [6.45, 7) is 2.00. The van der Waals surface area contributed by atoms with Gasteiger partial charge < -0.3 is 20.5 Å². The van der Waals surface area contributed by atoms with E-state index in [1.54, 1.807) is 25.8 Å². The highest BCUT2D eigenvalue weighted by Gasteiger charge is 2.18. The van der Waals surface area contributed by atoms with Crippen molar-refractivity contribution in [3.05, 3.63) is 78.5 Å². The van der Waals surface area contributed by atoms with Gasteiger partial charge in [-0.3, -0.25) is 9.39 Å². The van der Waals surface area contributed by atoms with Crippen LogP contribution in [0.25, 0.3) is 22.6 Å². The largest absolute Gasteiger partial charge is 0.488 e. The van der Waals surface area contributed by atoms with Gasteiger partial charge in [0, 0.05) is 56.3 Å². The van der Waals surface area contributed by atoms with E-state index < -0.39 is 0 Å². The van der Waals surface area contributed by atoms with Gasteiger partial charge in [-0.15, -0.1) is 0 Å². The van der Waals surface area contributed by atoms with Gasteiger partial charge in [-0.2, -0.15) is 0 Å². The molecule has 1 unspecified atom stereocenters. The van der Waals surface area contributed by atoms with Crippen molar-refractivity contribution in [2.45, 2.75) is 19.1 Å². The first-order valence-corrected chi connectivity index (χ1v) is 11.4. The van der Waals surface area contributed by atoms with Crippen LogP contribution in [0, 0.1) is 0 Å². The molecule has 0 saturated carbocycles. The Morgan fingerprint density at radius 3 is 2.89 bits per heavy atom. The predicted molar refractivity (Wildman–Crippen MR) is 136 cm³/mol. The van der Waals surface area contributed by atoms with E-state index in [9.17, 15) is 0 Å². The molecule has 178 valence electrons. The molecule has 9 heteroatoms. The van der Waals surface area contributed by atoms with Crippen molar-refractivity contribution < 1.29 is 9.47 Å². The number of nitrogens with two attached hydrogens (primary N) is 1. The van der Waals surface area contributed by atoms with Crippen LogP contribution >= 0.6 is 0 Å². The van der Waals surface area contributed by atoms with Crippen LogP contribution in [0.4, 0.5) is 5.82 Å². The highest BCUT2D eigenvalue weighted by Crippen LogP contribution is 2.24. The van der Waals surface area contributed by atoms with E-state index in [1.165, 1.54) is 0 Å². The Morgan fingerprint density at radius 2 is 2.11 bits per heavy atom. The van der Waals surface area contributed by atoms with E-state index in [4.69, 9.17) is 15.2 Å². The second kappa shape index (κ2) is 10.4. The lowest BCUT2D eigenvalue weighted by Crippen LogP contribution is -2.15. The van der Waals surface area contributed by atoms with Gasteiger partial charge in [0.15, 0.2) is 0 Å². The first-order valence-electron chi connectivity index (χ1n) is 11.4. The Balaban J connectivity index is 1.28. The maximum atomic E-state index is 6.00. The van der Waals surface area contributed by atoms with E-state index in [1.807, 2.05) is 47.1 Å². The minimum absolute atomic E-state index is 0.1000. The second-order valence-electron chi connectivity index (χ2n) is 8.19. The van der Waals surface area contributed by atoms with Gasteiger partial charge in [0.1, 0.15) is 29.6 Å². The third-order valence-corrected chi connectivity index (χ3v) is 5.81. The Hall–Kier alpha value is -4.24. The third-order valence-electron chi connectivity index (χ3n) is 5.81. The summed E-state index contributed by atoms with van der Waals surface area (Å²) in [6, 6.07) is 14.0. The lowest BCUT2D eigenvalue weighted by atomic mass is 10.1. The molecule has 0 bridgehead atoms.